The lowest BCUT2D eigenvalue weighted by Crippen LogP contribution is -2.28. The van der Waals surface area contributed by atoms with Crippen LogP contribution in [0.1, 0.15) is 24.5 Å². The first-order valence-corrected chi connectivity index (χ1v) is 7.21. The maximum Gasteiger partial charge on any atom is 0.146 e. The molecule has 0 N–H and O–H groups in total. The number of benzene rings is 2. The molecule has 1 aliphatic carbocycles. The molecule has 0 aromatic heterocycles. The van der Waals surface area contributed by atoms with Gasteiger partial charge < -0.3 is 0 Å². The molecule has 0 saturated heterocycles. The summed E-state index contributed by atoms with van der Waals surface area (Å²) in [5, 5.41) is 0. The van der Waals surface area contributed by atoms with Gasteiger partial charge in [-0.2, -0.15) is 0 Å². The van der Waals surface area contributed by atoms with Gasteiger partial charge in [-0.25, -0.2) is 0 Å². The van der Waals surface area contributed by atoms with E-state index in [1.807, 2.05) is 30.3 Å². The fourth-order valence-electron chi connectivity index (χ4n) is 3.01. The Hall–Kier alpha value is -2.41. The van der Waals surface area contributed by atoms with Crippen LogP contribution in [0.5, 0.6) is 0 Å². The molecule has 1 unspecified atom stereocenters. The predicted molar refractivity (Wildman–Crippen MR) is 87.0 cm³/mol. The first-order chi connectivity index (χ1) is 10.2. The number of carbonyl (C=O) groups is 1. The highest BCUT2D eigenvalue weighted by Crippen LogP contribution is 2.42. The van der Waals surface area contributed by atoms with E-state index in [4.69, 9.17) is 0 Å². The fourth-order valence-corrected chi connectivity index (χ4v) is 3.01. The molecule has 1 aliphatic rings. The predicted octanol–water partition coefficient (Wildman–Crippen LogP) is 4.56. The molecule has 0 saturated carbocycles. The Morgan fingerprint density at radius 2 is 1.52 bits per heavy atom. The maximum atomic E-state index is 11.5. The molecule has 2 aromatic carbocycles. The van der Waals surface area contributed by atoms with Crippen LogP contribution in [0.4, 0.5) is 0 Å². The molecule has 0 radical (unpaired) electrons. The van der Waals surface area contributed by atoms with E-state index in [9.17, 15) is 4.79 Å². The Balaban J connectivity index is 2.06. The zero-order valence-corrected chi connectivity index (χ0v) is 12.1. The van der Waals surface area contributed by atoms with E-state index in [-0.39, 0.29) is 5.41 Å². The van der Waals surface area contributed by atoms with Gasteiger partial charge in [-0.05, 0) is 23.1 Å². The Bertz CT molecular complexity index is 695. The van der Waals surface area contributed by atoms with Gasteiger partial charge in [0.15, 0.2) is 0 Å². The number of hydrogen-bond acceptors (Lipinski definition) is 1. The minimum absolute atomic E-state index is 0.261. The summed E-state index contributed by atoms with van der Waals surface area (Å²) in [6.07, 6.45) is 5.87. The lowest BCUT2D eigenvalue weighted by Gasteiger charge is -2.34. The van der Waals surface area contributed by atoms with Gasteiger partial charge in [0.2, 0.25) is 0 Å². The van der Waals surface area contributed by atoms with Crippen LogP contribution >= 0.6 is 0 Å². The molecule has 0 bridgehead atoms. The van der Waals surface area contributed by atoms with Crippen molar-refractivity contribution in [1.29, 1.82) is 0 Å². The van der Waals surface area contributed by atoms with Crippen LogP contribution in [-0.4, -0.2) is 6.29 Å². The van der Waals surface area contributed by atoms with Gasteiger partial charge in [0.05, 0.1) is 0 Å². The molecule has 0 fully saturated rings. The van der Waals surface area contributed by atoms with Crippen molar-refractivity contribution in [2.75, 3.05) is 0 Å². The number of allylic oxidation sites excluding steroid dienone is 4. The second-order valence-electron chi connectivity index (χ2n) is 5.67. The minimum atomic E-state index is -0.261. The quantitative estimate of drug-likeness (QED) is 0.750. The van der Waals surface area contributed by atoms with Crippen molar-refractivity contribution in [3.8, 4) is 0 Å². The van der Waals surface area contributed by atoms with Crippen molar-refractivity contribution in [1.82, 2.24) is 0 Å². The van der Waals surface area contributed by atoms with Crippen LogP contribution < -0.4 is 0 Å². The summed E-state index contributed by atoms with van der Waals surface area (Å²) in [6.45, 7) is 2.15. The molecule has 0 amide bonds. The van der Waals surface area contributed by atoms with Gasteiger partial charge in [0, 0.05) is 11.0 Å². The summed E-state index contributed by atoms with van der Waals surface area (Å²) in [5.74, 6) is 0. The lowest BCUT2D eigenvalue weighted by atomic mass is 9.68. The third-order valence-corrected chi connectivity index (χ3v) is 4.33. The molecule has 104 valence electrons. The SMILES string of the molecule is CC1(c2ccccc2)CC(c2ccccc2)=CC=C1C=O. The molecule has 2 aromatic rings. The molecular weight excluding hydrogens is 256 g/mol. The molecule has 3 rings (SSSR count). The molecule has 1 heteroatoms. The van der Waals surface area contributed by atoms with E-state index in [0.717, 1.165) is 18.3 Å². The number of aldehydes is 1. The van der Waals surface area contributed by atoms with E-state index >= 15 is 0 Å². The van der Waals surface area contributed by atoms with Crippen LogP contribution in [0.25, 0.3) is 5.57 Å². The smallest absolute Gasteiger partial charge is 0.146 e. The summed E-state index contributed by atoms with van der Waals surface area (Å²) >= 11 is 0. The van der Waals surface area contributed by atoms with E-state index in [1.54, 1.807) is 0 Å². The van der Waals surface area contributed by atoms with Crippen LogP contribution in [0, 0.1) is 0 Å². The van der Waals surface area contributed by atoms with E-state index in [2.05, 4.69) is 49.4 Å². The van der Waals surface area contributed by atoms with Crippen LogP contribution in [0.2, 0.25) is 0 Å². The number of carbonyl (C=O) groups excluding carboxylic acids is 1. The molecule has 0 spiro atoms. The maximum absolute atomic E-state index is 11.5. The molecule has 1 nitrogen and oxygen atoms in total. The van der Waals surface area contributed by atoms with Crippen molar-refractivity contribution in [3.63, 3.8) is 0 Å². The Kier molecular flexibility index (Phi) is 3.57. The zero-order valence-electron chi connectivity index (χ0n) is 12.1. The topological polar surface area (TPSA) is 17.1 Å². The summed E-state index contributed by atoms with van der Waals surface area (Å²) < 4.78 is 0. The molecule has 21 heavy (non-hydrogen) atoms. The Morgan fingerprint density at radius 3 is 2.14 bits per heavy atom. The highest BCUT2D eigenvalue weighted by atomic mass is 16.1. The molecule has 0 aliphatic heterocycles. The second kappa shape index (κ2) is 5.53. The minimum Gasteiger partial charge on any atom is -0.298 e. The lowest BCUT2D eigenvalue weighted by molar-refractivity contribution is -0.105. The molecule has 1 atom stereocenters. The largest absolute Gasteiger partial charge is 0.298 e. The van der Waals surface area contributed by atoms with Crippen molar-refractivity contribution in [2.24, 2.45) is 0 Å². The summed E-state index contributed by atoms with van der Waals surface area (Å²) in [7, 11) is 0. The second-order valence-corrected chi connectivity index (χ2v) is 5.67. The Morgan fingerprint density at radius 1 is 0.905 bits per heavy atom. The van der Waals surface area contributed by atoms with Crippen LogP contribution in [-0.2, 0) is 10.2 Å². The first kappa shape index (κ1) is 13.6. The average Bonchev–Trinajstić information content (AvgIpc) is 2.56. The van der Waals surface area contributed by atoms with Crippen LogP contribution in [0.15, 0.2) is 78.4 Å². The van der Waals surface area contributed by atoms with Gasteiger partial charge >= 0.3 is 0 Å². The normalized spacial score (nSPS) is 21.4. The van der Waals surface area contributed by atoms with Crippen molar-refractivity contribution in [2.45, 2.75) is 18.8 Å². The average molecular weight is 274 g/mol. The molecule has 0 heterocycles. The van der Waals surface area contributed by atoms with E-state index in [0.29, 0.717) is 0 Å². The Labute approximate surface area is 125 Å². The first-order valence-electron chi connectivity index (χ1n) is 7.21. The van der Waals surface area contributed by atoms with Crippen molar-refractivity contribution in [3.05, 3.63) is 89.5 Å². The fraction of sp³-hybridized carbons (Fsp3) is 0.150. The monoisotopic (exact) mass is 274 g/mol. The third-order valence-electron chi connectivity index (χ3n) is 4.33. The highest BCUT2D eigenvalue weighted by molar-refractivity contribution is 5.84. The van der Waals surface area contributed by atoms with Crippen LogP contribution in [0.3, 0.4) is 0 Å². The summed E-state index contributed by atoms with van der Waals surface area (Å²) in [4.78, 5) is 11.5. The third kappa shape index (κ3) is 2.47. The van der Waals surface area contributed by atoms with Gasteiger partial charge in [-0.15, -0.1) is 0 Å². The highest BCUT2D eigenvalue weighted by Gasteiger charge is 2.33. The van der Waals surface area contributed by atoms with E-state index < -0.39 is 0 Å². The number of rotatable bonds is 3. The van der Waals surface area contributed by atoms with E-state index in [1.165, 1.54) is 16.7 Å². The van der Waals surface area contributed by atoms with Crippen molar-refractivity contribution < 1.29 is 4.79 Å². The zero-order chi connectivity index (χ0) is 14.7. The van der Waals surface area contributed by atoms with Gasteiger partial charge in [-0.3, -0.25) is 4.79 Å². The van der Waals surface area contributed by atoms with Gasteiger partial charge in [0.1, 0.15) is 6.29 Å². The summed E-state index contributed by atoms with van der Waals surface area (Å²) in [6, 6.07) is 20.6. The van der Waals surface area contributed by atoms with Gasteiger partial charge in [0.25, 0.3) is 0 Å². The number of hydrogen-bond donors (Lipinski definition) is 0. The van der Waals surface area contributed by atoms with Gasteiger partial charge in [-0.1, -0.05) is 79.7 Å². The van der Waals surface area contributed by atoms with Crippen molar-refractivity contribution >= 4 is 11.9 Å². The standard InChI is InChI=1S/C20H18O/c1-20(18-10-6-3-7-11-18)14-17(12-13-19(20)15-21)16-8-4-2-5-9-16/h2-13,15H,14H2,1H3. The molecular formula is C20H18O. The summed E-state index contributed by atoms with van der Waals surface area (Å²) in [5.41, 5.74) is 4.26.